The van der Waals surface area contributed by atoms with Gasteiger partial charge in [-0.25, -0.2) is 4.68 Å². The summed E-state index contributed by atoms with van der Waals surface area (Å²) in [6, 6.07) is 5.34. The highest BCUT2D eigenvalue weighted by Crippen LogP contribution is 2.31. The van der Waals surface area contributed by atoms with Crippen LogP contribution < -0.4 is 0 Å². The Morgan fingerprint density at radius 3 is 2.28 bits per heavy atom. The SMILES string of the molecule is Cc1nn(-c2ccc(Cl)c(Cl)c2)c(Cl)c1C(C)C. The van der Waals surface area contributed by atoms with Crippen molar-refractivity contribution in [1.82, 2.24) is 9.78 Å². The Hall–Kier alpha value is -0.700. The van der Waals surface area contributed by atoms with Crippen molar-refractivity contribution in [2.45, 2.75) is 26.7 Å². The maximum atomic E-state index is 6.38. The van der Waals surface area contributed by atoms with Crippen molar-refractivity contribution in [3.05, 3.63) is 44.7 Å². The van der Waals surface area contributed by atoms with Crippen LogP contribution in [0.2, 0.25) is 15.2 Å². The summed E-state index contributed by atoms with van der Waals surface area (Å²) in [6.07, 6.45) is 0. The molecular weight excluding hydrogens is 291 g/mol. The monoisotopic (exact) mass is 302 g/mol. The van der Waals surface area contributed by atoms with Crippen LogP contribution >= 0.6 is 34.8 Å². The van der Waals surface area contributed by atoms with Gasteiger partial charge in [-0.3, -0.25) is 0 Å². The zero-order valence-corrected chi connectivity index (χ0v) is 12.6. The van der Waals surface area contributed by atoms with Gasteiger partial charge in [0, 0.05) is 5.56 Å². The molecule has 2 nitrogen and oxygen atoms in total. The van der Waals surface area contributed by atoms with Gasteiger partial charge in [-0.2, -0.15) is 5.10 Å². The van der Waals surface area contributed by atoms with Crippen molar-refractivity contribution < 1.29 is 0 Å². The average Bonchev–Trinajstić information content (AvgIpc) is 2.58. The van der Waals surface area contributed by atoms with Crippen molar-refractivity contribution in [3.8, 4) is 5.69 Å². The van der Waals surface area contributed by atoms with Crippen LogP contribution in [0.25, 0.3) is 5.69 Å². The minimum Gasteiger partial charge on any atom is -0.222 e. The van der Waals surface area contributed by atoms with Crippen molar-refractivity contribution in [1.29, 1.82) is 0 Å². The van der Waals surface area contributed by atoms with Gasteiger partial charge in [-0.1, -0.05) is 48.7 Å². The van der Waals surface area contributed by atoms with E-state index < -0.39 is 0 Å². The van der Waals surface area contributed by atoms with E-state index in [1.165, 1.54) is 0 Å². The first-order valence-corrected chi connectivity index (χ1v) is 6.75. The van der Waals surface area contributed by atoms with Crippen LogP contribution in [0.3, 0.4) is 0 Å². The molecular formula is C13H13Cl3N2. The normalized spacial score (nSPS) is 11.3. The summed E-state index contributed by atoms with van der Waals surface area (Å²) >= 11 is 18.3. The second-order valence-electron chi connectivity index (χ2n) is 4.45. The van der Waals surface area contributed by atoms with Crippen LogP contribution in [-0.4, -0.2) is 9.78 Å². The molecule has 2 rings (SSSR count). The number of rotatable bonds is 2. The molecule has 0 unspecified atom stereocenters. The van der Waals surface area contributed by atoms with E-state index in [2.05, 4.69) is 18.9 Å². The Bertz CT molecular complexity index is 588. The van der Waals surface area contributed by atoms with Crippen molar-refractivity contribution in [2.75, 3.05) is 0 Å². The van der Waals surface area contributed by atoms with Crippen molar-refractivity contribution in [3.63, 3.8) is 0 Å². The fraction of sp³-hybridized carbons (Fsp3) is 0.308. The van der Waals surface area contributed by atoms with E-state index >= 15 is 0 Å². The van der Waals surface area contributed by atoms with E-state index in [0.717, 1.165) is 16.9 Å². The molecule has 96 valence electrons. The van der Waals surface area contributed by atoms with Crippen LogP contribution in [0.5, 0.6) is 0 Å². The van der Waals surface area contributed by atoms with E-state index in [1.54, 1.807) is 16.8 Å². The van der Waals surface area contributed by atoms with E-state index in [4.69, 9.17) is 34.8 Å². The van der Waals surface area contributed by atoms with Gasteiger partial charge in [0.1, 0.15) is 5.15 Å². The van der Waals surface area contributed by atoms with Gasteiger partial charge in [0.05, 0.1) is 21.4 Å². The van der Waals surface area contributed by atoms with Crippen LogP contribution in [0.4, 0.5) is 0 Å². The molecule has 0 atom stereocenters. The topological polar surface area (TPSA) is 17.8 Å². The third-order valence-electron chi connectivity index (χ3n) is 2.77. The van der Waals surface area contributed by atoms with Crippen molar-refractivity contribution in [2.24, 2.45) is 0 Å². The maximum absolute atomic E-state index is 6.38. The minimum atomic E-state index is 0.328. The van der Waals surface area contributed by atoms with Crippen LogP contribution in [0.1, 0.15) is 31.0 Å². The smallest absolute Gasteiger partial charge is 0.136 e. The van der Waals surface area contributed by atoms with E-state index in [9.17, 15) is 0 Å². The number of aromatic nitrogens is 2. The molecule has 1 aromatic heterocycles. The standard InChI is InChI=1S/C13H13Cl3N2/c1-7(2)12-8(3)17-18(13(12)16)9-4-5-10(14)11(15)6-9/h4-7H,1-3H3. The molecule has 0 saturated carbocycles. The Labute approximate surface area is 121 Å². The molecule has 0 saturated heterocycles. The zero-order chi connectivity index (χ0) is 13.4. The first-order chi connectivity index (χ1) is 8.41. The van der Waals surface area contributed by atoms with Gasteiger partial charge in [-0.05, 0) is 31.0 Å². The van der Waals surface area contributed by atoms with E-state index in [-0.39, 0.29) is 0 Å². The van der Waals surface area contributed by atoms with Crippen LogP contribution in [-0.2, 0) is 0 Å². The predicted octanol–water partition coefficient (Wildman–Crippen LogP) is 5.26. The second kappa shape index (κ2) is 5.12. The summed E-state index contributed by atoms with van der Waals surface area (Å²) in [5.74, 6) is 0.328. The molecule has 0 N–H and O–H groups in total. The van der Waals surface area contributed by atoms with Gasteiger partial charge >= 0.3 is 0 Å². The molecule has 0 spiro atoms. The number of aryl methyl sites for hydroxylation is 1. The summed E-state index contributed by atoms with van der Waals surface area (Å²) in [5.41, 5.74) is 2.80. The molecule has 0 aliphatic rings. The van der Waals surface area contributed by atoms with Gasteiger partial charge in [0.15, 0.2) is 0 Å². The number of hydrogen-bond donors (Lipinski definition) is 0. The lowest BCUT2D eigenvalue weighted by Crippen LogP contribution is -1.97. The summed E-state index contributed by atoms with van der Waals surface area (Å²) in [5, 5.41) is 6.09. The molecule has 1 aromatic carbocycles. The van der Waals surface area contributed by atoms with E-state index in [0.29, 0.717) is 21.1 Å². The molecule has 2 aromatic rings. The number of nitrogens with zero attached hydrogens (tertiary/aromatic N) is 2. The highest BCUT2D eigenvalue weighted by molar-refractivity contribution is 6.42. The maximum Gasteiger partial charge on any atom is 0.136 e. The van der Waals surface area contributed by atoms with Crippen molar-refractivity contribution >= 4 is 34.8 Å². The number of halogens is 3. The Morgan fingerprint density at radius 2 is 1.78 bits per heavy atom. The zero-order valence-electron chi connectivity index (χ0n) is 10.3. The van der Waals surface area contributed by atoms with Crippen LogP contribution in [0.15, 0.2) is 18.2 Å². The molecule has 0 aliphatic heterocycles. The first kappa shape index (κ1) is 13.7. The summed E-state index contributed by atoms with van der Waals surface area (Å²) in [7, 11) is 0. The number of benzene rings is 1. The molecule has 1 heterocycles. The second-order valence-corrected chi connectivity index (χ2v) is 5.63. The lowest BCUT2D eigenvalue weighted by atomic mass is 10.1. The predicted molar refractivity (Wildman–Crippen MR) is 77.4 cm³/mol. The lowest BCUT2D eigenvalue weighted by molar-refractivity contribution is 0.857. The first-order valence-electron chi connectivity index (χ1n) is 5.62. The van der Waals surface area contributed by atoms with Gasteiger partial charge in [-0.15, -0.1) is 0 Å². The fourth-order valence-electron chi connectivity index (χ4n) is 1.95. The number of hydrogen-bond acceptors (Lipinski definition) is 1. The molecule has 0 bridgehead atoms. The minimum absolute atomic E-state index is 0.328. The Balaban J connectivity index is 2.58. The van der Waals surface area contributed by atoms with E-state index in [1.807, 2.05) is 13.0 Å². The van der Waals surface area contributed by atoms with Gasteiger partial charge < -0.3 is 0 Å². The third kappa shape index (κ3) is 2.37. The lowest BCUT2D eigenvalue weighted by Gasteiger charge is -2.06. The molecule has 5 heteroatoms. The Morgan fingerprint density at radius 1 is 1.11 bits per heavy atom. The highest BCUT2D eigenvalue weighted by Gasteiger charge is 2.17. The average molecular weight is 304 g/mol. The summed E-state index contributed by atoms with van der Waals surface area (Å²) in [6.45, 7) is 6.14. The summed E-state index contributed by atoms with van der Waals surface area (Å²) in [4.78, 5) is 0. The fourth-order valence-corrected chi connectivity index (χ4v) is 2.74. The third-order valence-corrected chi connectivity index (χ3v) is 3.88. The molecule has 0 fully saturated rings. The van der Waals surface area contributed by atoms with Gasteiger partial charge in [0.25, 0.3) is 0 Å². The summed E-state index contributed by atoms with van der Waals surface area (Å²) < 4.78 is 1.69. The van der Waals surface area contributed by atoms with Crippen LogP contribution in [0, 0.1) is 6.92 Å². The highest BCUT2D eigenvalue weighted by atomic mass is 35.5. The molecule has 0 amide bonds. The Kier molecular flexibility index (Phi) is 3.90. The molecule has 18 heavy (non-hydrogen) atoms. The largest absolute Gasteiger partial charge is 0.222 e. The molecule has 0 aliphatic carbocycles. The van der Waals surface area contributed by atoms with Gasteiger partial charge in [0.2, 0.25) is 0 Å². The quantitative estimate of drug-likeness (QED) is 0.739. The molecule has 0 radical (unpaired) electrons.